The highest BCUT2D eigenvalue weighted by atomic mass is 32.2. The molecule has 0 unspecified atom stereocenters. The van der Waals surface area contributed by atoms with E-state index in [1.165, 1.54) is 14.0 Å². The fourth-order valence-corrected chi connectivity index (χ4v) is 5.06. The van der Waals surface area contributed by atoms with E-state index in [1.54, 1.807) is 24.3 Å². The fraction of sp³-hybridized carbons (Fsp3) is 0.500. The van der Waals surface area contributed by atoms with E-state index in [9.17, 15) is 18.3 Å². The first kappa shape index (κ1) is 15.8. The second kappa shape index (κ2) is 5.31. The Morgan fingerprint density at radius 3 is 2.33 bits per heavy atom. The number of ether oxygens (including phenoxy) is 1. The van der Waals surface area contributed by atoms with Gasteiger partial charge in [0.05, 0.1) is 12.4 Å². The van der Waals surface area contributed by atoms with Gasteiger partial charge in [0, 0.05) is 18.2 Å². The van der Waals surface area contributed by atoms with Crippen molar-refractivity contribution >= 4 is 15.8 Å². The van der Waals surface area contributed by atoms with Gasteiger partial charge in [-0.2, -0.15) is 0 Å². The SMILES string of the molecule is CCS(=O)(=O)[C@H]1[C@H](c2ccc(OC)cc2)[C@@]1(CN)C(=O)O. The van der Waals surface area contributed by atoms with Gasteiger partial charge in [-0.3, -0.25) is 4.79 Å². The maximum atomic E-state index is 12.2. The van der Waals surface area contributed by atoms with Crippen molar-refractivity contribution in [2.75, 3.05) is 19.4 Å². The smallest absolute Gasteiger partial charge is 0.312 e. The molecule has 0 aromatic heterocycles. The minimum Gasteiger partial charge on any atom is -0.497 e. The summed E-state index contributed by atoms with van der Waals surface area (Å²) in [6.07, 6.45) is 0. The summed E-state index contributed by atoms with van der Waals surface area (Å²) in [4.78, 5) is 11.6. The molecule has 21 heavy (non-hydrogen) atoms. The molecule has 0 amide bonds. The van der Waals surface area contributed by atoms with Gasteiger partial charge >= 0.3 is 5.97 Å². The van der Waals surface area contributed by atoms with Crippen LogP contribution in [0.25, 0.3) is 0 Å². The van der Waals surface area contributed by atoms with Crippen LogP contribution in [0.3, 0.4) is 0 Å². The molecule has 3 N–H and O–H groups in total. The second-order valence-corrected chi connectivity index (χ2v) is 7.58. The van der Waals surface area contributed by atoms with E-state index in [0.717, 1.165) is 0 Å². The maximum absolute atomic E-state index is 12.2. The van der Waals surface area contributed by atoms with E-state index in [4.69, 9.17) is 10.5 Å². The molecule has 1 aromatic rings. The lowest BCUT2D eigenvalue weighted by Crippen LogP contribution is -2.32. The number of rotatable bonds is 6. The van der Waals surface area contributed by atoms with E-state index in [1.807, 2.05) is 0 Å². The van der Waals surface area contributed by atoms with Crippen molar-refractivity contribution in [2.45, 2.75) is 18.1 Å². The van der Waals surface area contributed by atoms with Gasteiger partial charge in [-0.25, -0.2) is 8.42 Å². The Morgan fingerprint density at radius 1 is 1.38 bits per heavy atom. The van der Waals surface area contributed by atoms with Gasteiger partial charge in [-0.1, -0.05) is 19.1 Å². The summed E-state index contributed by atoms with van der Waals surface area (Å²) in [6.45, 7) is 1.31. The van der Waals surface area contributed by atoms with Crippen LogP contribution < -0.4 is 10.5 Å². The standard InChI is InChI=1S/C14H19NO5S/c1-3-21(18,19)12-11(14(12,8-15)13(16)17)9-4-6-10(20-2)7-5-9/h4-7,11-12H,3,8,15H2,1-2H3,(H,16,17)/t11-,12-,14+/m0/s1. The summed E-state index contributed by atoms with van der Waals surface area (Å²) in [5.74, 6) is -1.24. The average molecular weight is 313 g/mol. The maximum Gasteiger partial charge on any atom is 0.312 e. The van der Waals surface area contributed by atoms with Gasteiger partial charge < -0.3 is 15.6 Å². The molecular formula is C14H19NO5S. The van der Waals surface area contributed by atoms with Crippen LogP contribution in [-0.2, 0) is 14.6 Å². The van der Waals surface area contributed by atoms with Crippen molar-refractivity contribution in [1.29, 1.82) is 0 Å². The number of carboxylic acid groups (broad SMARTS) is 1. The summed E-state index contributed by atoms with van der Waals surface area (Å²) in [5.41, 5.74) is 4.86. The molecule has 0 aliphatic heterocycles. The number of methoxy groups -OCH3 is 1. The summed E-state index contributed by atoms with van der Waals surface area (Å²) in [6, 6.07) is 6.77. The molecule has 116 valence electrons. The Labute approximate surface area is 123 Å². The van der Waals surface area contributed by atoms with Crippen LogP contribution in [0, 0.1) is 5.41 Å². The van der Waals surface area contributed by atoms with Crippen LogP contribution in [0.2, 0.25) is 0 Å². The van der Waals surface area contributed by atoms with E-state index in [0.29, 0.717) is 11.3 Å². The molecule has 0 radical (unpaired) electrons. The minimum atomic E-state index is -3.49. The molecule has 0 saturated heterocycles. The molecule has 7 heteroatoms. The highest BCUT2D eigenvalue weighted by molar-refractivity contribution is 7.92. The van der Waals surface area contributed by atoms with Gasteiger partial charge in [0.15, 0.2) is 9.84 Å². The number of aliphatic carboxylic acids is 1. The third-order valence-electron chi connectivity index (χ3n) is 4.26. The molecule has 2 rings (SSSR count). The molecule has 1 aromatic carbocycles. The molecule has 6 nitrogen and oxygen atoms in total. The number of carbonyl (C=O) groups is 1. The topological polar surface area (TPSA) is 107 Å². The molecular weight excluding hydrogens is 294 g/mol. The zero-order valence-electron chi connectivity index (χ0n) is 11.9. The summed E-state index contributed by atoms with van der Waals surface area (Å²) in [5, 5.41) is 8.53. The normalized spacial score (nSPS) is 28.1. The summed E-state index contributed by atoms with van der Waals surface area (Å²) < 4.78 is 29.5. The minimum absolute atomic E-state index is 0.0979. The third kappa shape index (κ3) is 2.30. The van der Waals surface area contributed by atoms with Crippen molar-refractivity contribution in [1.82, 2.24) is 0 Å². The predicted octanol–water partition coefficient (Wildman–Crippen LogP) is 0.625. The third-order valence-corrected chi connectivity index (χ3v) is 6.53. The average Bonchev–Trinajstić information content (AvgIpc) is 3.19. The molecule has 1 aliphatic rings. The van der Waals surface area contributed by atoms with Crippen LogP contribution >= 0.6 is 0 Å². The second-order valence-electron chi connectivity index (χ2n) is 5.17. The molecule has 0 bridgehead atoms. The number of carboxylic acids is 1. The van der Waals surface area contributed by atoms with E-state index in [-0.39, 0.29) is 12.3 Å². The largest absolute Gasteiger partial charge is 0.497 e. The highest BCUT2D eigenvalue weighted by Gasteiger charge is 2.74. The number of hydrogen-bond acceptors (Lipinski definition) is 5. The Bertz CT molecular complexity index is 640. The highest BCUT2D eigenvalue weighted by Crippen LogP contribution is 2.62. The monoisotopic (exact) mass is 313 g/mol. The van der Waals surface area contributed by atoms with Gasteiger partial charge in [0.25, 0.3) is 0 Å². The Balaban J connectivity index is 2.47. The van der Waals surface area contributed by atoms with Crippen molar-refractivity contribution in [3.63, 3.8) is 0 Å². The summed E-state index contributed by atoms with van der Waals surface area (Å²) >= 11 is 0. The van der Waals surface area contributed by atoms with Crippen molar-refractivity contribution in [3.05, 3.63) is 29.8 Å². The Morgan fingerprint density at radius 2 is 1.95 bits per heavy atom. The quantitative estimate of drug-likeness (QED) is 0.797. The Hall–Kier alpha value is -1.60. The van der Waals surface area contributed by atoms with Gasteiger partial charge in [0.1, 0.15) is 11.2 Å². The number of sulfone groups is 1. The van der Waals surface area contributed by atoms with Crippen LogP contribution in [0.4, 0.5) is 0 Å². The number of nitrogens with two attached hydrogens (primary N) is 1. The number of hydrogen-bond donors (Lipinski definition) is 2. The van der Waals surface area contributed by atoms with Crippen molar-refractivity contribution < 1.29 is 23.1 Å². The van der Waals surface area contributed by atoms with Crippen molar-refractivity contribution in [3.8, 4) is 5.75 Å². The predicted molar refractivity (Wildman–Crippen MR) is 78.1 cm³/mol. The fourth-order valence-electron chi connectivity index (χ4n) is 2.98. The van der Waals surface area contributed by atoms with E-state index in [2.05, 4.69) is 0 Å². The molecule has 1 aliphatic carbocycles. The molecule has 1 fully saturated rings. The zero-order valence-corrected chi connectivity index (χ0v) is 12.8. The molecule has 0 heterocycles. The lowest BCUT2D eigenvalue weighted by atomic mass is 9.99. The van der Waals surface area contributed by atoms with Gasteiger partial charge in [0.2, 0.25) is 0 Å². The zero-order chi connectivity index (χ0) is 15.8. The van der Waals surface area contributed by atoms with E-state index < -0.39 is 32.4 Å². The lowest BCUT2D eigenvalue weighted by molar-refractivity contribution is -0.143. The van der Waals surface area contributed by atoms with Crippen LogP contribution in [0.1, 0.15) is 18.4 Å². The first-order valence-corrected chi connectivity index (χ1v) is 8.35. The molecule has 0 spiro atoms. The molecule has 1 saturated carbocycles. The van der Waals surface area contributed by atoms with Crippen LogP contribution in [0.5, 0.6) is 5.75 Å². The van der Waals surface area contributed by atoms with Crippen LogP contribution in [-0.4, -0.2) is 44.2 Å². The summed E-state index contributed by atoms with van der Waals surface area (Å²) in [7, 11) is -1.97. The van der Waals surface area contributed by atoms with Crippen LogP contribution in [0.15, 0.2) is 24.3 Å². The van der Waals surface area contributed by atoms with E-state index >= 15 is 0 Å². The molecule has 3 atom stereocenters. The van der Waals surface area contributed by atoms with Gasteiger partial charge in [-0.15, -0.1) is 0 Å². The van der Waals surface area contributed by atoms with Gasteiger partial charge in [-0.05, 0) is 17.7 Å². The Kier molecular flexibility index (Phi) is 3.99. The lowest BCUT2D eigenvalue weighted by Gasteiger charge is -2.09. The first-order valence-electron chi connectivity index (χ1n) is 6.64. The van der Waals surface area contributed by atoms with Crippen molar-refractivity contribution in [2.24, 2.45) is 11.1 Å². The first-order chi connectivity index (χ1) is 9.85. The number of benzene rings is 1.